The number of hydrogen-bond donors (Lipinski definition) is 1. The summed E-state index contributed by atoms with van der Waals surface area (Å²) in [5.74, 6) is 0. The van der Waals surface area contributed by atoms with E-state index >= 15 is 0 Å². The number of nitrogen functional groups attached to an aromatic ring is 1. The number of rotatable bonds is 1. The van der Waals surface area contributed by atoms with E-state index in [9.17, 15) is 0 Å². The largest absolute Gasteiger partial charge is 0.399 e. The molecule has 0 atom stereocenters. The molecule has 0 spiro atoms. The Labute approximate surface area is 77.2 Å². The van der Waals surface area contributed by atoms with Gasteiger partial charge in [0, 0.05) is 17.6 Å². The molecule has 1 heterocycles. The van der Waals surface area contributed by atoms with Gasteiger partial charge in [-0.2, -0.15) is 5.10 Å². The smallest absolute Gasteiger partial charge is 0.0686 e. The van der Waals surface area contributed by atoms with E-state index < -0.39 is 0 Å². The first-order chi connectivity index (χ1) is 6.22. The van der Waals surface area contributed by atoms with Crippen LogP contribution in [-0.2, 0) is 6.54 Å². The average molecular weight is 175 g/mol. The summed E-state index contributed by atoms with van der Waals surface area (Å²) in [6.07, 6.45) is 0. The van der Waals surface area contributed by atoms with Crippen LogP contribution in [0.25, 0.3) is 10.9 Å². The van der Waals surface area contributed by atoms with Crippen LogP contribution in [0.5, 0.6) is 0 Å². The van der Waals surface area contributed by atoms with Gasteiger partial charge in [-0.3, -0.25) is 4.68 Å². The van der Waals surface area contributed by atoms with Gasteiger partial charge in [0.1, 0.15) is 0 Å². The molecule has 1 aromatic carbocycles. The van der Waals surface area contributed by atoms with Crippen LogP contribution in [0, 0.1) is 6.92 Å². The summed E-state index contributed by atoms with van der Waals surface area (Å²) in [4.78, 5) is 0. The standard InChI is InChI=1S/C10H13N3/c1-3-13-10-5-4-8(11)6-9(10)7(2)12-13/h4-6H,3,11H2,1-2H3. The lowest BCUT2D eigenvalue weighted by molar-refractivity contribution is 0.676. The molecule has 0 unspecified atom stereocenters. The quantitative estimate of drug-likeness (QED) is 0.673. The van der Waals surface area contributed by atoms with Crippen LogP contribution < -0.4 is 5.73 Å². The summed E-state index contributed by atoms with van der Waals surface area (Å²) < 4.78 is 1.99. The molecule has 0 bridgehead atoms. The number of benzene rings is 1. The van der Waals surface area contributed by atoms with Crippen LogP contribution in [0.3, 0.4) is 0 Å². The molecule has 0 saturated carbocycles. The van der Waals surface area contributed by atoms with Gasteiger partial charge in [0.05, 0.1) is 11.2 Å². The molecule has 2 rings (SSSR count). The summed E-state index contributed by atoms with van der Waals surface area (Å²) in [5, 5.41) is 5.56. The SMILES string of the molecule is CCn1nc(C)c2cc(N)ccc21. The normalized spacial score (nSPS) is 10.9. The Bertz CT molecular complexity index is 443. The molecule has 13 heavy (non-hydrogen) atoms. The third kappa shape index (κ3) is 1.16. The predicted octanol–water partition coefficient (Wildman–Crippen LogP) is 1.95. The van der Waals surface area contributed by atoms with Crippen molar-refractivity contribution in [2.45, 2.75) is 20.4 Å². The fraction of sp³-hybridized carbons (Fsp3) is 0.300. The van der Waals surface area contributed by atoms with Gasteiger partial charge < -0.3 is 5.73 Å². The number of aryl methyl sites for hydroxylation is 2. The maximum atomic E-state index is 5.71. The fourth-order valence-electron chi connectivity index (χ4n) is 1.60. The van der Waals surface area contributed by atoms with Gasteiger partial charge in [0.2, 0.25) is 0 Å². The van der Waals surface area contributed by atoms with Crippen LogP contribution >= 0.6 is 0 Å². The van der Waals surface area contributed by atoms with Gasteiger partial charge >= 0.3 is 0 Å². The third-order valence-electron chi connectivity index (χ3n) is 2.26. The second-order valence-corrected chi connectivity index (χ2v) is 3.18. The Morgan fingerprint density at radius 1 is 1.46 bits per heavy atom. The minimum Gasteiger partial charge on any atom is -0.399 e. The van der Waals surface area contributed by atoms with Crippen LogP contribution in [0.2, 0.25) is 0 Å². The Hall–Kier alpha value is -1.51. The number of nitrogens with two attached hydrogens (primary N) is 1. The fourth-order valence-corrected chi connectivity index (χ4v) is 1.60. The highest BCUT2D eigenvalue weighted by atomic mass is 15.3. The molecule has 2 N–H and O–H groups in total. The summed E-state index contributed by atoms with van der Waals surface area (Å²) >= 11 is 0. The van der Waals surface area contributed by atoms with Gasteiger partial charge in [0.15, 0.2) is 0 Å². The van der Waals surface area contributed by atoms with Crippen molar-refractivity contribution >= 4 is 16.6 Å². The predicted molar refractivity (Wildman–Crippen MR) is 54.6 cm³/mol. The first kappa shape index (κ1) is 8.10. The highest BCUT2D eigenvalue weighted by molar-refractivity contribution is 5.84. The van der Waals surface area contributed by atoms with Gasteiger partial charge in [-0.15, -0.1) is 0 Å². The summed E-state index contributed by atoms with van der Waals surface area (Å²) in [7, 11) is 0. The lowest BCUT2D eigenvalue weighted by atomic mass is 10.2. The first-order valence-electron chi connectivity index (χ1n) is 4.45. The Balaban J connectivity index is 2.80. The topological polar surface area (TPSA) is 43.8 Å². The molecule has 0 aliphatic heterocycles. The monoisotopic (exact) mass is 175 g/mol. The molecule has 3 heteroatoms. The Morgan fingerprint density at radius 3 is 2.92 bits per heavy atom. The summed E-state index contributed by atoms with van der Waals surface area (Å²) in [6, 6.07) is 5.91. The van der Waals surface area contributed by atoms with Gasteiger partial charge in [0.25, 0.3) is 0 Å². The van der Waals surface area contributed by atoms with E-state index in [2.05, 4.69) is 12.0 Å². The summed E-state index contributed by atoms with van der Waals surface area (Å²) in [5.41, 5.74) is 8.71. The third-order valence-corrected chi connectivity index (χ3v) is 2.26. The minimum absolute atomic E-state index is 0.797. The lowest BCUT2D eigenvalue weighted by Crippen LogP contribution is -1.95. The van der Waals surface area contributed by atoms with E-state index in [0.29, 0.717) is 0 Å². The van der Waals surface area contributed by atoms with Crippen molar-refractivity contribution in [2.24, 2.45) is 0 Å². The lowest BCUT2D eigenvalue weighted by Gasteiger charge is -1.97. The minimum atomic E-state index is 0.797. The molecule has 0 fully saturated rings. The van der Waals surface area contributed by atoms with E-state index in [0.717, 1.165) is 28.8 Å². The highest BCUT2D eigenvalue weighted by Gasteiger charge is 2.05. The summed E-state index contributed by atoms with van der Waals surface area (Å²) in [6.45, 7) is 4.99. The van der Waals surface area contributed by atoms with E-state index in [1.807, 2.05) is 29.8 Å². The number of anilines is 1. The maximum absolute atomic E-state index is 5.71. The van der Waals surface area contributed by atoms with Crippen molar-refractivity contribution in [1.82, 2.24) is 9.78 Å². The number of hydrogen-bond acceptors (Lipinski definition) is 2. The van der Waals surface area contributed by atoms with Crippen molar-refractivity contribution in [3.63, 3.8) is 0 Å². The molecule has 1 aromatic heterocycles. The van der Waals surface area contributed by atoms with Crippen molar-refractivity contribution in [2.75, 3.05) is 5.73 Å². The zero-order valence-electron chi connectivity index (χ0n) is 7.91. The zero-order chi connectivity index (χ0) is 9.42. The number of nitrogens with zero attached hydrogens (tertiary/aromatic N) is 2. The Morgan fingerprint density at radius 2 is 2.23 bits per heavy atom. The van der Waals surface area contributed by atoms with Gasteiger partial charge in [-0.25, -0.2) is 0 Å². The van der Waals surface area contributed by atoms with E-state index in [1.54, 1.807) is 0 Å². The zero-order valence-corrected chi connectivity index (χ0v) is 7.91. The Kier molecular flexibility index (Phi) is 1.72. The average Bonchev–Trinajstić information content (AvgIpc) is 2.43. The van der Waals surface area contributed by atoms with Crippen molar-refractivity contribution in [1.29, 1.82) is 0 Å². The maximum Gasteiger partial charge on any atom is 0.0686 e. The molecule has 0 saturated heterocycles. The molecule has 2 aromatic rings. The second kappa shape index (κ2) is 2.76. The van der Waals surface area contributed by atoms with Gasteiger partial charge in [-0.05, 0) is 32.0 Å². The molecular weight excluding hydrogens is 162 g/mol. The van der Waals surface area contributed by atoms with Crippen LogP contribution in [-0.4, -0.2) is 9.78 Å². The molecule has 0 amide bonds. The van der Waals surface area contributed by atoms with Crippen LogP contribution in [0.1, 0.15) is 12.6 Å². The van der Waals surface area contributed by atoms with E-state index in [1.165, 1.54) is 0 Å². The number of aromatic nitrogens is 2. The molecule has 3 nitrogen and oxygen atoms in total. The van der Waals surface area contributed by atoms with Crippen LogP contribution in [0.4, 0.5) is 5.69 Å². The van der Waals surface area contributed by atoms with Crippen molar-refractivity contribution in [3.8, 4) is 0 Å². The molecule has 0 aliphatic carbocycles. The van der Waals surface area contributed by atoms with Crippen LogP contribution in [0.15, 0.2) is 18.2 Å². The van der Waals surface area contributed by atoms with Crippen molar-refractivity contribution < 1.29 is 0 Å². The highest BCUT2D eigenvalue weighted by Crippen LogP contribution is 2.20. The van der Waals surface area contributed by atoms with E-state index in [-0.39, 0.29) is 0 Å². The molecule has 0 aliphatic rings. The molecule has 0 radical (unpaired) electrons. The second-order valence-electron chi connectivity index (χ2n) is 3.18. The van der Waals surface area contributed by atoms with Gasteiger partial charge in [-0.1, -0.05) is 0 Å². The van der Waals surface area contributed by atoms with E-state index in [4.69, 9.17) is 5.73 Å². The first-order valence-corrected chi connectivity index (χ1v) is 4.45. The molecule has 68 valence electrons. The number of fused-ring (bicyclic) bond motifs is 1. The molecular formula is C10H13N3. The van der Waals surface area contributed by atoms with Crippen molar-refractivity contribution in [3.05, 3.63) is 23.9 Å².